The molecule has 0 amide bonds. The summed E-state index contributed by atoms with van der Waals surface area (Å²) >= 11 is 0. The van der Waals surface area contributed by atoms with Gasteiger partial charge in [-0.3, -0.25) is 0 Å². The normalized spacial score (nSPS) is 12.2. The molecule has 9 aromatic carbocycles. The fraction of sp³-hybridized carbons (Fsp3) is 0.0357. The molecule has 0 aliphatic carbocycles. The first-order valence-electron chi connectivity index (χ1n) is 21.1. The molecule has 1 radical (unpaired) electrons. The SMILES string of the molecule is Cc1ccc(Nc2c(-c3cc(N(c4ccccc4)c4ccccc4)cc4c3[B]c3cccc5c6ccccc6n-4c35)ccc3c4cccc5c6ccccc6n(c23)c54)c(C)c1. The molecular formula is C56H38BN4. The Morgan fingerprint density at radius 1 is 0.459 bits per heavy atom. The predicted molar refractivity (Wildman–Crippen MR) is 260 cm³/mol. The number of benzene rings is 9. The van der Waals surface area contributed by atoms with E-state index in [0.717, 1.165) is 45.3 Å². The van der Waals surface area contributed by atoms with E-state index in [1.807, 2.05) is 0 Å². The highest BCUT2D eigenvalue weighted by Crippen LogP contribution is 2.47. The third-order valence-corrected chi connectivity index (χ3v) is 13.0. The molecule has 3 aromatic heterocycles. The second kappa shape index (κ2) is 12.9. The molecule has 1 N–H and O–H groups in total. The number of nitrogens with one attached hydrogen (secondary N) is 1. The van der Waals surface area contributed by atoms with Gasteiger partial charge in [0.25, 0.3) is 0 Å². The van der Waals surface area contributed by atoms with Crippen LogP contribution in [0, 0.1) is 13.8 Å². The summed E-state index contributed by atoms with van der Waals surface area (Å²) in [6, 6.07) is 69.1. The third kappa shape index (κ3) is 4.89. The van der Waals surface area contributed by atoms with Gasteiger partial charge in [0.05, 0.1) is 27.8 Å². The van der Waals surface area contributed by atoms with Crippen LogP contribution in [0.2, 0.25) is 0 Å². The number of aromatic nitrogens is 2. The zero-order valence-electron chi connectivity index (χ0n) is 33.8. The molecule has 1 aliphatic heterocycles. The van der Waals surface area contributed by atoms with Gasteiger partial charge in [0.2, 0.25) is 0 Å². The Hall–Kier alpha value is -7.76. The van der Waals surface area contributed by atoms with Gasteiger partial charge >= 0.3 is 0 Å². The number of hydrogen-bond donors (Lipinski definition) is 1. The summed E-state index contributed by atoms with van der Waals surface area (Å²) in [4.78, 5) is 2.40. The number of hydrogen-bond acceptors (Lipinski definition) is 2. The monoisotopic (exact) mass is 777 g/mol. The van der Waals surface area contributed by atoms with Crippen LogP contribution in [0.25, 0.3) is 76.7 Å². The molecule has 0 spiro atoms. The second-order valence-electron chi connectivity index (χ2n) is 16.6. The van der Waals surface area contributed by atoms with Crippen LogP contribution < -0.4 is 21.1 Å². The van der Waals surface area contributed by atoms with E-state index in [-0.39, 0.29) is 0 Å². The highest BCUT2D eigenvalue weighted by Gasteiger charge is 2.30. The molecule has 12 aromatic rings. The van der Waals surface area contributed by atoms with E-state index in [1.165, 1.54) is 82.0 Å². The molecule has 0 fully saturated rings. The standard InChI is InChI=1S/C56H38BN4/c1-34-27-30-48(35(2)31-34)58-53-41(28-29-45-44-22-13-21-42-39-19-10-12-26-50(39)61(54(42)44)56(45)53)46-32-38(59(36-15-5-3-6-16-36)37-17-7-4-8-18-37)33-51-52(46)57-47-24-14-23-43-40-20-9-11-25-49(40)60(51)55(43)47/h3-33,58H,1-2H3. The van der Waals surface area contributed by atoms with Crippen LogP contribution in [0.1, 0.15) is 11.1 Å². The molecule has 0 unspecified atom stereocenters. The van der Waals surface area contributed by atoms with Crippen molar-refractivity contribution in [3.05, 3.63) is 199 Å². The molecule has 4 nitrogen and oxygen atoms in total. The highest BCUT2D eigenvalue weighted by atomic mass is 15.1. The van der Waals surface area contributed by atoms with Crippen molar-refractivity contribution < 1.29 is 0 Å². The maximum absolute atomic E-state index is 4.13. The van der Waals surface area contributed by atoms with E-state index in [9.17, 15) is 0 Å². The van der Waals surface area contributed by atoms with Gasteiger partial charge in [-0.2, -0.15) is 0 Å². The zero-order valence-corrected chi connectivity index (χ0v) is 33.8. The number of fused-ring (bicyclic) bond motifs is 11. The molecule has 5 heteroatoms. The van der Waals surface area contributed by atoms with Gasteiger partial charge in [-0.25, -0.2) is 0 Å². The summed E-state index contributed by atoms with van der Waals surface area (Å²) in [7, 11) is 2.43. The van der Waals surface area contributed by atoms with Gasteiger partial charge in [-0.05, 0) is 85.0 Å². The molecule has 61 heavy (non-hydrogen) atoms. The van der Waals surface area contributed by atoms with Crippen LogP contribution in [0.5, 0.6) is 0 Å². The van der Waals surface area contributed by atoms with Crippen LogP contribution in [0.15, 0.2) is 188 Å². The van der Waals surface area contributed by atoms with Crippen LogP contribution in [0.4, 0.5) is 28.4 Å². The van der Waals surface area contributed by atoms with Crippen molar-refractivity contribution in [2.75, 3.05) is 10.2 Å². The summed E-state index contributed by atoms with van der Waals surface area (Å²) in [5.41, 5.74) is 19.9. The van der Waals surface area contributed by atoms with Crippen molar-refractivity contribution >= 4 is 107 Å². The van der Waals surface area contributed by atoms with Crippen molar-refractivity contribution in [2.24, 2.45) is 0 Å². The predicted octanol–water partition coefficient (Wildman–Crippen LogP) is 13.4. The fourth-order valence-electron chi connectivity index (χ4n) is 10.4. The van der Waals surface area contributed by atoms with Gasteiger partial charge in [0.15, 0.2) is 7.28 Å². The number of rotatable bonds is 6. The first-order chi connectivity index (χ1) is 30.1. The van der Waals surface area contributed by atoms with Crippen LogP contribution >= 0.6 is 0 Å². The summed E-state index contributed by atoms with van der Waals surface area (Å²) in [5, 5.41) is 11.7. The van der Waals surface area contributed by atoms with Crippen LogP contribution in [-0.2, 0) is 0 Å². The van der Waals surface area contributed by atoms with Gasteiger partial charge < -0.3 is 19.2 Å². The molecule has 4 heterocycles. The molecular weight excluding hydrogens is 739 g/mol. The Morgan fingerprint density at radius 3 is 1.80 bits per heavy atom. The Morgan fingerprint density at radius 2 is 1.07 bits per heavy atom. The maximum atomic E-state index is 4.13. The van der Waals surface area contributed by atoms with Crippen molar-refractivity contribution in [2.45, 2.75) is 13.8 Å². The summed E-state index contributed by atoms with van der Waals surface area (Å²) in [6.07, 6.45) is 0. The van der Waals surface area contributed by atoms with E-state index < -0.39 is 0 Å². The van der Waals surface area contributed by atoms with Gasteiger partial charge in [0, 0.05) is 71.8 Å². The molecule has 0 bridgehead atoms. The van der Waals surface area contributed by atoms with E-state index in [1.54, 1.807) is 0 Å². The van der Waals surface area contributed by atoms with Gasteiger partial charge in [-0.1, -0.05) is 144 Å². The Labute approximate surface area is 354 Å². The first kappa shape index (κ1) is 34.1. The van der Waals surface area contributed by atoms with E-state index >= 15 is 0 Å². The lowest BCUT2D eigenvalue weighted by Crippen LogP contribution is -2.37. The Kier molecular flexibility index (Phi) is 7.20. The van der Waals surface area contributed by atoms with E-state index in [2.05, 4.69) is 228 Å². The van der Waals surface area contributed by atoms with Crippen molar-refractivity contribution in [1.82, 2.24) is 8.97 Å². The first-order valence-corrected chi connectivity index (χ1v) is 21.1. The Balaban J connectivity index is 1.20. The third-order valence-electron chi connectivity index (χ3n) is 13.0. The quantitative estimate of drug-likeness (QED) is 0.170. The lowest BCUT2D eigenvalue weighted by Gasteiger charge is -2.30. The van der Waals surface area contributed by atoms with Gasteiger partial charge in [0.1, 0.15) is 0 Å². The fourth-order valence-corrected chi connectivity index (χ4v) is 10.4. The minimum absolute atomic E-state index is 1.08. The highest BCUT2D eigenvalue weighted by molar-refractivity contribution is 6.73. The van der Waals surface area contributed by atoms with Crippen LogP contribution in [-0.4, -0.2) is 16.2 Å². The minimum atomic E-state index is 1.08. The largest absolute Gasteiger partial charge is 0.353 e. The second-order valence-corrected chi connectivity index (χ2v) is 16.6. The van der Waals surface area contributed by atoms with Crippen molar-refractivity contribution in [3.63, 3.8) is 0 Å². The average Bonchev–Trinajstić information content (AvgIpc) is 3.95. The van der Waals surface area contributed by atoms with E-state index in [4.69, 9.17) is 0 Å². The minimum Gasteiger partial charge on any atom is -0.353 e. The van der Waals surface area contributed by atoms with Crippen molar-refractivity contribution in [3.8, 4) is 16.8 Å². The molecule has 0 saturated carbocycles. The smallest absolute Gasteiger partial charge is 0.197 e. The van der Waals surface area contributed by atoms with Crippen LogP contribution in [0.3, 0.4) is 0 Å². The molecule has 0 atom stereocenters. The lowest BCUT2D eigenvalue weighted by atomic mass is 9.59. The Bertz CT molecular complexity index is 3690. The molecule has 0 saturated heterocycles. The zero-order chi connectivity index (χ0) is 40.3. The maximum Gasteiger partial charge on any atom is 0.197 e. The summed E-state index contributed by atoms with van der Waals surface area (Å²) in [6.45, 7) is 4.38. The van der Waals surface area contributed by atoms with E-state index in [0.29, 0.717) is 0 Å². The molecule has 285 valence electrons. The summed E-state index contributed by atoms with van der Waals surface area (Å²) < 4.78 is 5.03. The number of aryl methyl sites for hydroxylation is 2. The number of para-hydroxylation sites is 6. The number of anilines is 5. The molecule has 13 rings (SSSR count). The average molecular weight is 778 g/mol. The number of nitrogens with zero attached hydrogens (tertiary/aromatic N) is 3. The molecule has 1 aliphatic rings. The lowest BCUT2D eigenvalue weighted by molar-refractivity contribution is 1.18. The summed E-state index contributed by atoms with van der Waals surface area (Å²) in [5.74, 6) is 0. The van der Waals surface area contributed by atoms with Crippen molar-refractivity contribution in [1.29, 1.82) is 0 Å². The topological polar surface area (TPSA) is 24.6 Å². The van der Waals surface area contributed by atoms with Gasteiger partial charge in [-0.15, -0.1) is 0 Å².